The lowest BCUT2D eigenvalue weighted by atomic mass is 10.2. The SMILES string of the molecule is O=C(/C=C/c1ccc(Cl)cc1)N1CCN(CC(=O)N2CCCC2)CC1. The van der Waals surface area contributed by atoms with Crippen LogP contribution < -0.4 is 0 Å². The molecule has 0 radical (unpaired) electrons. The first-order chi connectivity index (χ1) is 12.1. The lowest BCUT2D eigenvalue weighted by Gasteiger charge is -2.34. The molecule has 5 nitrogen and oxygen atoms in total. The smallest absolute Gasteiger partial charge is 0.246 e. The lowest BCUT2D eigenvalue weighted by molar-refractivity contribution is -0.132. The number of rotatable bonds is 4. The summed E-state index contributed by atoms with van der Waals surface area (Å²) in [7, 11) is 0. The van der Waals surface area contributed by atoms with Gasteiger partial charge in [0.15, 0.2) is 0 Å². The van der Waals surface area contributed by atoms with E-state index in [1.165, 1.54) is 0 Å². The zero-order valence-corrected chi connectivity index (χ0v) is 15.1. The van der Waals surface area contributed by atoms with Crippen molar-refractivity contribution in [3.63, 3.8) is 0 Å². The second-order valence-electron chi connectivity index (χ2n) is 6.57. The quantitative estimate of drug-likeness (QED) is 0.772. The number of piperazine rings is 1. The van der Waals surface area contributed by atoms with Crippen LogP contribution in [0.2, 0.25) is 5.02 Å². The van der Waals surface area contributed by atoms with Crippen LogP contribution in [0, 0.1) is 0 Å². The van der Waals surface area contributed by atoms with Gasteiger partial charge in [0.1, 0.15) is 0 Å². The molecule has 3 rings (SSSR count). The fraction of sp³-hybridized carbons (Fsp3) is 0.474. The maximum Gasteiger partial charge on any atom is 0.246 e. The summed E-state index contributed by atoms with van der Waals surface area (Å²) >= 11 is 5.86. The molecule has 2 aliphatic rings. The van der Waals surface area contributed by atoms with E-state index < -0.39 is 0 Å². The predicted molar refractivity (Wildman–Crippen MR) is 99.3 cm³/mol. The normalized spacial score (nSPS) is 18.9. The molecule has 0 spiro atoms. The topological polar surface area (TPSA) is 43.9 Å². The van der Waals surface area contributed by atoms with Gasteiger partial charge in [-0.05, 0) is 36.6 Å². The van der Waals surface area contributed by atoms with E-state index in [0.29, 0.717) is 24.7 Å². The fourth-order valence-electron chi connectivity index (χ4n) is 3.23. The summed E-state index contributed by atoms with van der Waals surface area (Å²) in [4.78, 5) is 30.4. The molecule has 1 aromatic rings. The van der Waals surface area contributed by atoms with Crippen molar-refractivity contribution in [1.29, 1.82) is 0 Å². The van der Waals surface area contributed by atoms with Gasteiger partial charge in [0.25, 0.3) is 0 Å². The molecule has 0 unspecified atom stereocenters. The highest BCUT2D eigenvalue weighted by Gasteiger charge is 2.24. The minimum Gasteiger partial charge on any atom is -0.342 e. The zero-order chi connectivity index (χ0) is 17.6. The van der Waals surface area contributed by atoms with Crippen molar-refractivity contribution >= 4 is 29.5 Å². The highest BCUT2D eigenvalue weighted by molar-refractivity contribution is 6.30. The highest BCUT2D eigenvalue weighted by Crippen LogP contribution is 2.12. The van der Waals surface area contributed by atoms with Gasteiger partial charge >= 0.3 is 0 Å². The number of halogens is 1. The molecular formula is C19H24ClN3O2. The summed E-state index contributed by atoms with van der Waals surface area (Å²) in [5.41, 5.74) is 0.951. The number of nitrogens with zero attached hydrogens (tertiary/aromatic N) is 3. The molecule has 0 atom stereocenters. The van der Waals surface area contributed by atoms with Crippen LogP contribution in [-0.4, -0.2) is 72.3 Å². The van der Waals surface area contributed by atoms with Gasteiger partial charge in [0.2, 0.25) is 11.8 Å². The number of hydrogen-bond acceptors (Lipinski definition) is 3. The van der Waals surface area contributed by atoms with Crippen molar-refractivity contribution in [1.82, 2.24) is 14.7 Å². The molecule has 1 aromatic carbocycles. The first-order valence-electron chi connectivity index (χ1n) is 8.84. The Morgan fingerprint density at radius 2 is 1.56 bits per heavy atom. The van der Waals surface area contributed by atoms with E-state index in [4.69, 9.17) is 11.6 Å². The summed E-state index contributed by atoms with van der Waals surface area (Å²) in [6, 6.07) is 7.38. The first-order valence-corrected chi connectivity index (χ1v) is 9.22. The Labute approximate surface area is 153 Å². The maximum atomic E-state index is 12.3. The van der Waals surface area contributed by atoms with Crippen LogP contribution in [0.3, 0.4) is 0 Å². The van der Waals surface area contributed by atoms with Crippen molar-refractivity contribution < 1.29 is 9.59 Å². The predicted octanol–water partition coefficient (Wildman–Crippen LogP) is 2.12. The summed E-state index contributed by atoms with van der Waals surface area (Å²) in [6.07, 6.45) is 5.65. The van der Waals surface area contributed by atoms with E-state index in [1.54, 1.807) is 6.08 Å². The summed E-state index contributed by atoms with van der Waals surface area (Å²) in [6.45, 7) is 5.09. The average molecular weight is 362 g/mol. The van der Waals surface area contributed by atoms with Gasteiger partial charge in [-0.25, -0.2) is 0 Å². The minimum atomic E-state index is 0.0143. The fourth-order valence-corrected chi connectivity index (χ4v) is 3.36. The van der Waals surface area contributed by atoms with E-state index in [9.17, 15) is 9.59 Å². The van der Waals surface area contributed by atoms with Gasteiger partial charge < -0.3 is 9.80 Å². The average Bonchev–Trinajstić information content (AvgIpc) is 3.16. The number of likely N-dealkylation sites (tertiary alicyclic amines) is 1. The van der Waals surface area contributed by atoms with Crippen molar-refractivity contribution in [2.75, 3.05) is 45.8 Å². The summed E-state index contributed by atoms with van der Waals surface area (Å²) in [5, 5.41) is 0.683. The molecule has 0 bridgehead atoms. The Balaban J connectivity index is 1.44. The van der Waals surface area contributed by atoms with Crippen LogP contribution in [0.1, 0.15) is 18.4 Å². The Morgan fingerprint density at radius 1 is 0.920 bits per heavy atom. The van der Waals surface area contributed by atoms with Crippen LogP contribution in [0.15, 0.2) is 30.3 Å². The molecule has 25 heavy (non-hydrogen) atoms. The zero-order valence-electron chi connectivity index (χ0n) is 14.4. The van der Waals surface area contributed by atoms with Crippen molar-refractivity contribution in [3.05, 3.63) is 40.9 Å². The van der Waals surface area contributed by atoms with Crippen LogP contribution in [0.4, 0.5) is 0 Å². The van der Waals surface area contributed by atoms with Gasteiger partial charge in [0, 0.05) is 50.4 Å². The molecule has 2 saturated heterocycles. The Hall–Kier alpha value is -1.85. The Morgan fingerprint density at radius 3 is 2.20 bits per heavy atom. The molecule has 134 valence electrons. The monoisotopic (exact) mass is 361 g/mol. The molecular weight excluding hydrogens is 338 g/mol. The second-order valence-corrected chi connectivity index (χ2v) is 7.01. The van der Waals surface area contributed by atoms with Crippen molar-refractivity contribution in [3.8, 4) is 0 Å². The van der Waals surface area contributed by atoms with Gasteiger partial charge in [-0.15, -0.1) is 0 Å². The van der Waals surface area contributed by atoms with Crippen LogP contribution >= 0.6 is 11.6 Å². The van der Waals surface area contributed by atoms with E-state index >= 15 is 0 Å². The minimum absolute atomic E-state index is 0.0143. The number of benzene rings is 1. The van der Waals surface area contributed by atoms with Crippen LogP contribution in [-0.2, 0) is 9.59 Å². The molecule has 2 fully saturated rings. The van der Waals surface area contributed by atoms with E-state index in [-0.39, 0.29) is 11.8 Å². The molecule has 2 amide bonds. The van der Waals surface area contributed by atoms with Crippen molar-refractivity contribution in [2.24, 2.45) is 0 Å². The number of hydrogen-bond donors (Lipinski definition) is 0. The molecule has 0 N–H and O–H groups in total. The van der Waals surface area contributed by atoms with E-state index in [2.05, 4.69) is 4.90 Å². The Bertz CT molecular complexity index is 631. The van der Waals surface area contributed by atoms with Gasteiger partial charge in [-0.2, -0.15) is 0 Å². The highest BCUT2D eigenvalue weighted by atomic mass is 35.5. The van der Waals surface area contributed by atoms with Gasteiger partial charge in [-0.3, -0.25) is 14.5 Å². The molecule has 0 aromatic heterocycles. The maximum absolute atomic E-state index is 12.3. The first kappa shape index (κ1) is 18.0. The van der Waals surface area contributed by atoms with Crippen LogP contribution in [0.5, 0.6) is 0 Å². The molecule has 0 aliphatic carbocycles. The number of amides is 2. The molecule has 0 saturated carbocycles. The van der Waals surface area contributed by atoms with Crippen molar-refractivity contribution in [2.45, 2.75) is 12.8 Å². The molecule has 2 aliphatic heterocycles. The van der Waals surface area contributed by atoms with Crippen LogP contribution in [0.25, 0.3) is 6.08 Å². The summed E-state index contributed by atoms with van der Waals surface area (Å²) in [5.74, 6) is 0.236. The third-order valence-corrected chi connectivity index (χ3v) is 5.04. The standard InChI is InChI=1S/C19H24ClN3O2/c20-17-6-3-16(4-7-17)5-8-18(24)23-13-11-21(12-14-23)15-19(25)22-9-1-2-10-22/h3-8H,1-2,9-15H2/b8-5+. The van der Waals surface area contributed by atoms with E-state index in [0.717, 1.165) is 44.6 Å². The third kappa shape index (κ3) is 5.06. The largest absolute Gasteiger partial charge is 0.342 e. The Kier molecular flexibility index (Phi) is 6.10. The lowest BCUT2D eigenvalue weighted by Crippen LogP contribution is -2.51. The number of carbonyl (C=O) groups is 2. The van der Waals surface area contributed by atoms with E-state index in [1.807, 2.05) is 40.1 Å². The van der Waals surface area contributed by atoms with Gasteiger partial charge in [-0.1, -0.05) is 23.7 Å². The molecule has 2 heterocycles. The number of carbonyl (C=O) groups excluding carboxylic acids is 2. The second kappa shape index (κ2) is 8.50. The third-order valence-electron chi connectivity index (χ3n) is 4.79. The summed E-state index contributed by atoms with van der Waals surface area (Å²) < 4.78 is 0. The van der Waals surface area contributed by atoms with Gasteiger partial charge in [0.05, 0.1) is 6.54 Å². The molecule has 6 heteroatoms.